The molecule has 5 heteroatoms. The first-order valence-corrected chi connectivity index (χ1v) is 5.00. The first kappa shape index (κ1) is 10.9. The molecule has 0 unspecified atom stereocenters. The average molecular weight is 181 g/mol. The van der Waals surface area contributed by atoms with Crippen molar-refractivity contribution in [1.29, 1.82) is 0 Å². The van der Waals surface area contributed by atoms with Crippen molar-refractivity contribution in [3.05, 3.63) is 0 Å². The second-order valence-corrected chi connectivity index (χ2v) is 4.23. The van der Waals surface area contributed by atoms with Crippen LogP contribution in [-0.2, 0) is 10.3 Å². The normalized spacial score (nSPS) is 12.9. The van der Waals surface area contributed by atoms with Crippen LogP contribution in [0.4, 0.5) is 0 Å². The van der Waals surface area contributed by atoms with Crippen LogP contribution in [0.1, 0.15) is 20.8 Å². The highest BCUT2D eigenvalue weighted by Gasteiger charge is 2.16. The molecule has 0 saturated carbocycles. The molecule has 0 aliphatic carbocycles. The smallest absolute Gasteiger partial charge is 0.273 e. The van der Waals surface area contributed by atoms with Crippen LogP contribution in [0.5, 0.6) is 0 Å². The van der Waals surface area contributed by atoms with E-state index in [0.29, 0.717) is 13.1 Å². The largest absolute Gasteiger partial charge is 0.335 e. The Morgan fingerprint density at radius 2 is 1.91 bits per heavy atom. The van der Waals surface area contributed by atoms with Crippen molar-refractivity contribution in [3.8, 4) is 0 Å². The topological polar surface area (TPSA) is 57.6 Å². The van der Waals surface area contributed by atoms with Crippen LogP contribution in [0.2, 0.25) is 0 Å². The van der Waals surface area contributed by atoms with E-state index in [9.17, 15) is 8.42 Å². The molecule has 0 saturated heterocycles. The van der Waals surface area contributed by atoms with Crippen LogP contribution in [0.3, 0.4) is 0 Å². The lowest BCUT2D eigenvalue weighted by Gasteiger charge is -2.17. The van der Waals surface area contributed by atoms with E-state index in [4.69, 9.17) is 4.55 Å². The van der Waals surface area contributed by atoms with Crippen molar-refractivity contribution in [2.45, 2.75) is 20.8 Å². The molecule has 1 N–H and O–H groups in total. The summed E-state index contributed by atoms with van der Waals surface area (Å²) < 4.78 is 30.8. The van der Waals surface area contributed by atoms with E-state index in [0.717, 1.165) is 4.31 Å². The quantitative estimate of drug-likeness (QED) is 0.652. The van der Waals surface area contributed by atoms with Gasteiger partial charge < -0.3 is 0 Å². The van der Waals surface area contributed by atoms with E-state index in [2.05, 4.69) is 0 Å². The summed E-state index contributed by atoms with van der Waals surface area (Å²) in [6.45, 7) is 6.17. The zero-order valence-electron chi connectivity index (χ0n) is 7.11. The molecule has 0 bridgehead atoms. The molecule has 0 fully saturated rings. The van der Waals surface area contributed by atoms with Gasteiger partial charge in [0.1, 0.15) is 0 Å². The van der Waals surface area contributed by atoms with Gasteiger partial charge in [-0.25, -0.2) is 0 Å². The summed E-state index contributed by atoms with van der Waals surface area (Å²) in [5.41, 5.74) is 0. The Bertz CT molecular complexity index is 198. The first-order chi connectivity index (χ1) is 4.88. The molecule has 0 spiro atoms. The minimum absolute atomic E-state index is 0.233. The molecule has 11 heavy (non-hydrogen) atoms. The van der Waals surface area contributed by atoms with Crippen molar-refractivity contribution in [1.82, 2.24) is 4.31 Å². The molecule has 0 aliphatic rings. The predicted octanol–water partition coefficient (Wildman–Crippen LogP) is 0.767. The highest BCUT2D eigenvalue weighted by atomic mass is 32.2. The van der Waals surface area contributed by atoms with Crippen LogP contribution in [0, 0.1) is 5.92 Å². The van der Waals surface area contributed by atoms with E-state index in [-0.39, 0.29) is 5.92 Å². The number of nitrogens with zero attached hydrogens (tertiary/aromatic N) is 1. The second kappa shape index (κ2) is 4.04. The standard InChI is InChI=1S/C6H15NO3S/c1-4-7(5-6(2)3)11(8,9)10/h6H,4-5H2,1-3H3,(H,8,9,10). The molecule has 0 aromatic rings. The van der Waals surface area contributed by atoms with Gasteiger partial charge in [-0.3, -0.25) is 4.55 Å². The van der Waals surface area contributed by atoms with Crippen LogP contribution in [0.25, 0.3) is 0 Å². The van der Waals surface area contributed by atoms with Crippen molar-refractivity contribution in [3.63, 3.8) is 0 Å². The number of hydrogen-bond donors (Lipinski definition) is 1. The lowest BCUT2D eigenvalue weighted by molar-refractivity contribution is 0.333. The summed E-state index contributed by atoms with van der Waals surface area (Å²) >= 11 is 0. The zero-order valence-corrected chi connectivity index (χ0v) is 7.93. The fraction of sp³-hybridized carbons (Fsp3) is 1.00. The highest BCUT2D eigenvalue weighted by Crippen LogP contribution is 2.02. The van der Waals surface area contributed by atoms with Gasteiger partial charge in [-0.2, -0.15) is 12.7 Å². The lowest BCUT2D eigenvalue weighted by atomic mass is 10.2. The SMILES string of the molecule is CCN(CC(C)C)S(=O)(=O)O. The van der Waals surface area contributed by atoms with Crippen molar-refractivity contribution in [2.24, 2.45) is 5.92 Å². The minimum atomic E-state index is -3.98. The lowest BCUT2D eigenvalue weighted by Crippen LogP contribution is -2.33. The third-order valence-corrected chi connectivity index (χ3v) is 2.31. The monoisotopic (exact) mass is 181 g/mol. The van der Waals surface area contributed by atoms with Crippen molar-refractivity contribution >= 4 is 10.3 Å². The Balaban J connectivity index is 4.20. The molecule has 0 radical (unpaired) electrons. The maximum atomic E-state index is 10.6. The summed E-state index contributed by atoms with van der Waals surface area (Å²) in [6, 6.07) is 0. The van der Waals surface area contributed by atoms with Gasteiger partial charge in [0, 0.05) is 13.1 Å². The molecule has 0 aliphatic heterocycles. The molecule has 4 nitrogen and oxygen atoms in total. The molecular weight excluding hydrogens is 166 g/mol. The number of hydrogen-bond acceptors (Lipinski definition) is 2. The molecule has 0 atom stereocenters. The third-order valence-electron chi connectivity index (χ3n) is 1.25. The van der Waals surface area contributed by atoms with E-state index < -0.39 is 10.3 Å². The fourth-order valence-corrected chi connectivity index (χ4v) is 1.61. The Hall–Kier alpha value is -0.130. The van der Waals surface area contributed by atoms with Gasteiger partial charge in [0.2, 0.25) is 0 Å². The van der Waals surface area contributed by atoms with Gasteiger partial charge >= 0.3 is 10.3 Å². The summed E-state index contributed by atoms with van der Waals surface area (Å²) in [4.78, 5) is 0. The molecule has 0 rings (SSSR count). The second-order valence-electron chi connectivity index (χ2n) is 2.82. The van der Waals surface area contributed by atoms with E-state index in [1.54, 1.807) is 6.92 Å². The van der Waals surface area contributed by atoms with Gasteiger partial charge in [0.25, 0.3) is 0 Å². The average Bonchev–Trinajstić information content (AvgIpc) is 1.79. The van der Waals surface area contributed by atoms with Gasteiger partial charge in [-0.05, 0) is 5.92 Å². The summed E-state index contributed by atoms with van der Waals surface area (Å²) in [5, 5.41) is 0. The van der Waals surface area contributed by atoms with E-state index in [1.165, 1.54) is 0 Å². The first-order valence-electron chi connectivity index (χ1n) is 3.60. The summed E-state index contributed by atoms with van der Waals surface area (Å²) in [5.74, 6) is 0.233. The van der Waals surface area contributed by atoms with Gasteiger partial charge in [0.15, 0.2) is 0 Å². The van der Waals surface area contributed by atoms with E-state index >= 15 is 0 Å². The molecule has 0 aromatic carbocycles. The highest BCUT2D eigenvalue weighted by molar-refractivity contribution is 7.83. The third kappa shape index (κ3) is 4.34. The summed E-state index contributed by atoms with van der Waals surface area (Å²) in [7, 11) is -3.98. The summed E-state index contributed by atoms with van der Waals surface area (Å²) in [6.07, 6.45) is 0. The Labute approximate surface area is 68.1 Å². The van der Waals surface area contributed by atoms with E-state index in [1.807, 2.05) is 13.8 Å². The molecule has 68 valence electrons. The van der Waals surface area contributed by atoms with Crippen LogP contribution in [-0.4, -0.2) is 30.4 Å². The van der Waals surface area contributed by atoms with Crippen molar-refractivity contribution < 1.29 is 13.0 Å². The predicted molar refractivity (Wildman–Crippen MR) is 43.6 cm³/mol. The Morgan fingerprint density at radius 1 is 1.45 bits per heavy atom. The van der Waals surface area contributed by atoms with Crippen LogP contribution >= 0.6 is 0 Å². The maximum absolute atomic E-state index is 10.6. The molecule has 0 amide bonds. The van der Waals surface area contributed by atoms with Crippen molar-refractivity contribution in [2.75, 3.05) is 13.1 Å². The van der Waals surface area contributed by atoms with Gasteiger partial charge in [-0.15, -0.1) is 0 Å². The van der Waals surface area contributed by atoms with Gasteiger partial charge in [0.05, 0.1) is 0 Å². The zero-order chi connectivity index (χ0) is 9.07. The molecule has 0 aromatic heterocycles. The van der Waals surface area contributed by atoms with Crippen LogP contribution in [0.15, 0.2) is 0 Å². The maximum Gasteiger partial charge on any atom is 0.335 e. The van der Waals surface area contributed by atoms with Crippen LogP contribution < -0.4 is 0 Å². The Morgan fingerprint density at radius 3 is 2.00 bits per heavy atom. The van der Waals surface area contributed by atoms with Gasteiger partial charge in [-0.1, -0.05) is 20.8 Å². The molecule has 0 heterocycles. The number of rotatable bonds is 4. The Kier molecular flexibility index (Phi) is 3.99. The minimum Gasteiger partial charge on any atom is -0.273 e. The molecular formula is C6H15NO3S. The fourth-order valence-electron chi connectivity index (χ4n) is 0.794.